The highest BCUT2D eigenvalue weighted by Gasteiger charge is 2.22. The van der Waals surface area contributed by atoms with E-state index in [0.717, 1.165) is 23.4 Å². The molecule has 0 saturated heterocycles. The molecule has 3 nitrogen and oxygen atoms in total. The molecule has 1 atom stereocenters. The number of methoxy groups -OCH3 is 1. The highest BCUT2D eigenvalue weighted by Crippen LogP contribution is 2.21. The van der Waals surface area contributed by atoms with Crippen molar-refractivity contribution in [3.05, 3.63) is 59.9 Å². The van der Waals surface area contributed by atoms with Gasteiger partial charge in [0.2, 0.25) is 0 Å². The van der Waals surface area contributed by atoms with E-state index in [0.29, 0.717) is 6.54 Å². The second-order valence-corrected chi connectivity index (χ2v) is 5.42. The summed E-state index contributed by atoms with van der Waals surface area (Å²) < 4.78 is 18.1. The molecule has 0 amide bonds. The first-order valence-electron chi connectivity index (χ1n) is 6.91. The predicted molar refractivity (Wildman–Crippen MR) is 84.2 cm³/mol. The number of nitrogens with one attached hydrogen (secondary N) is 1. The largest absolute Gasteiger partial charge is 0.497 e. The van der Waals surface area contributed by atoms with Gasteiger partial charge in [0, 0.05) is 12.2 Å². The minimum atomic E-state index is -0.299. The summed E-state index contributed by atoms with van der Waals surface area (Å²) >= 11 is 0. The minimum absolute atomic E-state index is 0.226. The molecule has 0 fully saturated rings. The van der Waals surface area contributed by atoms with Gasteiger partial charge < -0.3 is 15.8 Å². The summed E-state index contributed by atoms with van der Waals surface area (Å²) in [5, 5.41) is 3.45. The van der Waals surface area contributed by atoms with Crippen molar-refractivity contribution in [3.8, 4) is 5.75 Å². The Balaban J connectivity index is 2.10. The Kier molecular flexibility index (Phi) is 4.81. The van der Waals surface area contributed by atoms with Crippen molar-refractivity contribution in [2.24, 2.45) is 5.73 Å². The topological polar surface area (TPSA) is 47.3 Å². The molecule has 112 valence electrons. The number of rotatable bonds is 6. The molecule has 2 aromatic carbocycles. The number of halogens is 1. The maximum Gasteiger partial charge on any atom is 0.123 e. The summed E-state index contributed by atoms with van der Waals surface area (Å²) in [6, 6.07) is 14.2. The van der Waals surface area contributed by atoms with Crippen molar-refractivity contribution in [1.82, 2.24) is 0 Å². The summed E-state index contributed by atoms with van der Waals surface area (Å²) in [4.78, 5) is 0. The van der Waals surface area contributed by atoms with Gasteiger partial charge in [-0.1, -0.05) is 12.1 Å². The van der Waals surface area contributed by atoms with E-state index in [4.69, 9.17) is 10.5 Å². The van der Waals surface area contributed by atoms with Crippen molar-refractivity contribution in [1.29, 1.82) is 0 Å². The molecule has 1 unspecified atom stereocenters. The maximum atomic E-state index is 13.0. The number of anilines is 1. The Morgan fingerprint density at radius 3 is 2.24 bits per heavy atom. The Labute approximate surface area is 124 Å². The molecule has 0 heterocycles. The summed E-state index contributed by atoms with van der Waals surface area (Å²) in [6.07, 6.45) is 0.718. The van der Waals surface area contributed by atoms with Gasteiger partial charge >= 0.3 is 0 Å². The van der Waals surface area contributed by atoms with Gasteiger partial charge in [-0.2, -0.15) is 0 Å². The van der Waals surface area contributed by atoms with Crippen molar-refractivity contribution in [2.75, 3.05) is 19.0 Å². The molecule has 0 aliphatic rings. The van der Waals surface area contributed by atoms with Gasteiger partial charge in [0.05, 0.1) is 12.6 Å². The fourth-order valence-electron chi connectivity index (χ4n) is 2.24. The van der Waals surface area contributed by atoms with Gasteiger partial charge in [0.25, 0.3) is 0 Å². The first-order valence-corrected chi connectivity index (χ1v) is 6.91. The lowest BCUT2D eigenvalue weighted by Gasteiger charge is -2.31. The number of benzene rings is 2. The lowest BCUT2D eigenvalue weighted by atomic mass is 9.92. The van der Waals surface area contributed by atoms with Crippen LogP contribution in [0.5, 0.6) is 5.75 Å². The summed E-state index contributed by atoms with van der Waals surface area (Å²) in [5.74, 6) is 0.588. The zero-order valence-electron chi connectivity index (χ0n) is 12.4. The first-order chi connectivity index (χ1) is 10.0. The molecule has 0 aliphatic carbocycles. The lowest BCUT2D eigenvalue weighted by Crippen LogP contribution is -2.44. The third-order valence-corrected chi connectivity index (χ3v) is 3.49. The van der Waals surface area contributed by atoms with Crippen LogP contribution in [0.25, 0.3) is 0 Å². The van der Waals surface area contributed by atoms with Crippen LogP contribution in [0.3, 0.4) is 0 Å². The second-order valence-electron chi connectivity index (χ2n) is 5.42. The summed E-state index contributed by atoms with van der Waals surface area (Å²) in [5.41, 5.74) is 7.65. The Bertz CT molecular complexity index is 568. The fourth-order valence-corrected chi connectivity index (χ4v) is 2.24. The predicted octanol–water partition coefficient (Wildman–Crippen LogP) is 3.21. The van der Waals surface area contributed by atoms with Crippen molar-refractivity contribution in [3.63, 3.8) is 0 Å². The van der Waals surface area contributed by atoms with Crippen LogP contribution in [0, 0.1) is 5.82 Å². The Hall–Kier alpha value is -2.07. The van der Waals surface area contributed by atoms with Gasteiger partial charge in [-0.3, -0.25) is 0 Å². The zero-order valence-corrected chi connectivity index (χ0v) is 12.4. The smallest absolute Gasteiger partial charge is 0.123 e. The van der Waals surface area contributed by atoms with Gasteiger partial charge in [-0.15, -0.1) is 0 Å². The van der Waals surface area contributed by atoms with E-state index in [9.17, 15) is 4.39 Å². The van der Waals surface area contributed by atoms with E-state index in [1.54, 1.807) is 19.2 Å². The fraction of sp³-hybridized carbons (Fsp3) is 0.294. The van der Waals surface area contributed by atoms with Crippen LogP contribution in [0.15, 0.2) is 48.5 Å². The molecule has 0 spiro atoms. The Morgan fingerprint density at radius 1 is 1.10 bits per heavy atom. The summed E-state index contributed by atoms with van der Waals surface area (Å²) in [6.45, 7) is 2.52. The molecular formula is C17H21FN2O. The van der Waals surface area contributed by atoms with Gasteiger partial charge in [-0.05, 0) is 55.3 Å². The first kappa shape index (κ1) is 15.3. The van der Waals surface area contributed by atoms with Crippen LogP contribution in [0.2, 0.25) is 0 Å². The van der Waals surface area contributed by atoms with E-state index in [2.05, 4.69) is 12.2 Å². The second kappa shape index (κ2) is 6.59. The van der Waals surface area contributed by atoms with Crippen LogP contribution < -0.4 is 15.8 Å². The van der Waals surface area contributed by atoms with Gasteiger partial charge in [0.15, 0.2) is 0 Å². The lowest BCUT2D eigenvalue weighted by molar-refractivity contribution is 0.415. The number of ether oxygens (including phenoxy) is 1. The average Bonchev–Trinajstić information content (AvgIpc) is 2.50. The maximum absolute atomic E-state index is 13.0. The minimum Gasteiger partial charge on any atom is -0.497 e. The molecule has 0 saturated carbocycles. The average molecular weight is 288 g/mol. The van der Waals surface area contributed by atoms with Gasteiger partial charge in [0.1, 0.15) is 11.6 Å². The highest BCUT2D eigenvalue weighted by atomic mass is 19.1. The molecule has 0 aromatic heterocycles. The SMILES string of the molecule is COc1ccc(NC(C)(CN)Cc2ccc(F)cc2)cc1. The number of hydrogen-bond donors (Lipinski definition) is 2. The third kappa shape index (κ3) is 4.20. The van der Waals surface area contributed by atoms with E-state index < -0.39 is 0 Å². The number of nitrogens with two attached hydrogens (primary N) is 1. The molecule has 2 aromatic rings. The van der Waals surface area contributed by atoms with E-state index in [1.165, 1.54) is 12.1 Å². The summed E-state index contributed by atoms with van der Waals surface area (Å²) in [7, 11) is 1.64. The van der Waals surface area contributed by atoms with Crippen LogP contribution in [0.4, 0.5) is 10.1 Å². The van der Waals surface area contributed by atoms with Gasteiger partial charge in [-0.25, -0.2) is 4.39 Å². The molecular weight excluding hydrogens is 267 g/mol. The molecule has 3 N–H and O–H groups in total. The molecule has 0 bridgehead atoms. The highest BCUT2D eigenvalue weighted by molar-refractivity contribution is 5.48. The quantitative estimate of drug-likeness (QED) is 0.858. The van der Waals surface area contributed by atoms with Crippen LogP contribution in [0.1, 0.15) is 12.5 Å². The van der Waals surface area contributed by atoms with Crippen LogP contribution >= 0.6 is 0 Å². The van der Waals surface area contributed by atoms with Crippen molar-refractivity contribution >= 4 is 5.69 Å². The number of hydrogen-bond acceptors (Lipinski definition) is 3. The van der Waals surface area contributed by atoms with Crippen LogP contribution in [-0.2, 0) is 6.42 Å². The third-order valence-electron chi connectivity index (χ3n) is 3.49. The molecule has 4 heteroatoms. The molecule has 0 aliphatic heterocycles. The van der Waals surface area contributed by atoms with E-state index in [-0.39, 0.29) is 11.4 Å². The standard InChI is InChI=1S/C17H21FN2O/c1-17(12-19,11-13-3-5-14(18)6-4-13)20-15-7-9-16(21-2)10-8-15/h3-10,20H,11-12,19H2,1-2H3. The Morgan fingerprint density at radius 2 is 1.71 bits per heavy atom. The van der Waals surface area contributed by atoms with Crippen LogP contribution in [-0.4, -0.2) is 19.2 Å². The molecule has 2 rings (SSSR count). The molecule has 0 radical (unpaired) electrons. The zero-order chi connectivity index (χ0) is 15.3. The molecule has 21 heavy (non-hydrogen) atoms. The normalized spacial score (nSPS) is 13.5. The van der Waals surface area contributed by atoms with Crippen molar-refractivity contribution in [2.45, 2.75) is 18.9 Å². The van der Waals surface area contributed by atoms with E-state index in [1.807, 2.05) is 24.3 Å². The van der Waals surface area contributed by atoms with E-state index >= 15 is 0 Å². The van der Waals surface area contributed by atoms with Crippen molar-refractivity contribution < 1.29 is 9.13 Å². The monoisotopic (exact) mass is 288 g/mol.